The van der Waals surface area contributed by atoms with Gasteiger partial charge in [0.25, 0.3) is 0 Å². The minimum atomic E-state index is 0.226. The van der Waals surface area contributed by atoms with Crippen molar-refractivity contribution in [3.05, 3.63) is 42.5 Å². The van der Waals surface area contributed by atoms with E-state index in [4.69, 9.17) is 0 Å². The van der Waals surface area contributed by atoms with E-state index >= 15 is 0 Å². The molecule has 1 atom stereocenters. The molecule has 0 fully saturated rings. The molecule has 0 aliphatic rings. The van der Waals surface area contributed by atoms with Gasteiger partial charge >= 0.3 is 0 Å². The Morgan fingerprint density at radius 3 is 2.71 bits per heavy atom. The van der Waals surface area contributed by atoms with E-state index in [0.29, 0.717) is 0 Å². The highest BCUT2D eigenvalue weighted by Gasteiger charge is 2.04. The van der Waals surface area contributed by atoms with Crippen molar-refractivity contribution in [1.82, 2.24) is 15.0 Å². The van der Waals surface area contributed by atoms with Crippen LogP contribution in [0.4, 0.5) is 5.95 Å². The summed E-state index contributed by atoms with van der Waals surface area (Å²) in [7, 11) is 0. The van der Waals surface area contributed by atoms with Gasteiger partial charge in [0.1, 0.15) is 0 Å². The van der Waals surface area contributed by atoms with E-state index in [0.717, 1.165) is 5.95 Å². The number of H-pyrrole nitrogens is 1. The van der Waals surface area contributed by atoms with Crippen LogP contribution in [-0.4, -0.2) is 15.0 Å². The predicted molar refractivity (Wildman–Crippen MR) is 54.9 cm³/mol. The number of imidazole rings is 1. The molecule has 0 aromatic carbocycles. The normalized spacial score (nSPS) is 12.4. The molecule has 72 valence electrons. The van der Waals surface area contributed by atoms with Gasteiger partial charge in [-0.2, -0.15) is 0 Å². The number of hydrogen-bond acceptors (Lipinski definition) is 3. The Hall–Kier alpha value is -1.84. The molecule has 4 nitrogen and oxygen atoms in total. The number of hydrogen-bond donors (Lipinski definition) is 2. The summed E-state index contributed by atoms with van der Waals surface area (Å²) in [6, 6.07) is 4.20. The van der Waals surface area contributed by atoms with Crippen LogP contribution in [0.15, 0.2) is 36.9 Å². The fourth-order valence-electron chi connectivity index (χ4n) is 1.28. The highest BCUT2D eigenvalue weighted by atomic mass is 15.1. The van der Waals surface area contributed by atoms with Crippen LogP contribution in [0, 0.1) is 0 Å². The summed E-state index contributed by atoms with van der Waals surface area (Å²) in [5, 5.41) is 3.24. The minimum Gasteiger partial charge on any atom is -0.349 e. The van der Waals surface area contributed by atoms with Crippen LogP contribution in [0.25, 0.3) is 0 Å². The van der Waals surface area contributed by atoms with Crippen molar-refractivity contribution in [2.24, 2.45) is 0 Å². The highest BCUT2D eigenvalue weighted by Crippen LogP contribution is 2.14. The van der Waals surface area contributed by atoms with Crippen molar-refractivity contribution >= 4 is 5.95 Å². The smallest absolute Gasteiger partial charge is 0.200 e. The first-order chi connectivity index (χ1) is 6.86. The summed E-state index contributed by atoms with van der Waals surface area (Å²) in [5.41, 5.74) is 1.19. The molecule has 2 rings (SSSR count). The molecule has 0 bridgehead atoms. The van der Waals surface area contributed by atoms with Crippen LogP contribution in [0.3, 0.4) is 0 Å². The first-order valence-electron chi connectivity index (χ1n) is 4.52. The fraction of sp³-hybridized carbons (Fsp3) is 0.200. The Morgan fingerprint density at radius 1 is 1.29 bits per heavy atom. The average Bonchev–Trinajstić information content (AvgIpc) is 2.72. The summed E-state index contributed by atoms with van der Waals surface area (Å²) < 4.78 is 0. The van der Waals surface area contributed by atoms with Crippen LogP contribution in [0.1, 0.15) is 18.5 Å². The number of aromatic amines is 1. The van der Waals surface area contributed by atoms with Crippen molar-refractivity contribution < 1.29 is 0 Å². The minimum absolute atomic E-state index is 0.226. The molecule has 0 saturated heterocycles. The number of nitrogens with zero attached hydrogens (tertiary/aromatic N) is 2. The largest absolute Gasteiger partial charge is 0.349 e. The SMILES string of the molecule is CC(Nc1ncc[nH]1)c1ccncc1. The third-order valence-corrected chi connectivity index (χ3v) is 2.06. The Morgan fingerprint density at radius 2 is 2.07 bits per heavy atom. The maximum Gasteiger partial charge on any atom is 0.200 e. The molecule has 0 spiro atoms. The topological polar surface area (TPSA) is 53.6 Å². The molecule has 0 saturated carbocycles. The zero-order valence-electron chi connectivity index (χ0n) is 7.94. The molecule has 0 radical (unpaired) electrons. The van der Waals surface area contributed by atoms with E-state index in [1.165, 1.54) is 5.56 Å². The standard InChI is InChI=1S/C10H12N4/c1-8(9-2-4-11-5-3-9)14-10-12-6-7-13-10/h2-8H,1H3,(H2,12,13,14). The average molecular weight is 188 g/mol. The van der Waals surface area contributed by atoms with Gasteiger partial charge in [0.05, 0.1) is 6.04 Å². The first-order valence-corrected chi connectivity index (χ1v) is 4.52. The van der Waals surface area contributed by atoms with Gasteiger partial charge in [-0.25, -0.2) is 4.98 Å². The molecule has 2 aromatic rings. The maximum atomic E-state index is 4.10. The zero-order chi connectivity index (χ0) is 9.80. The fourth-order valence-corrected chi connectivity index (χ4v) is 1.28. The van der Waals surface area contributed by atoms with Crippen molar-refractivity contribution in [2.45, 2.75) is 13.0 Å². The molecule has 1 unspecified atom stereocenters. The number of rotatable bonds is 3. The van der Waals surface area contributed by atoms with Gasteiger partial charge in [0.15, 0.2) is 0 Å². The number of anilines is 1. The predicted octanol–water partition coefficient (Wildman–Crippen LogP) is 1.98. The monoisotopic (exact) mass is 188 g/mol. The van der Waals surface area contributed by atoms with Gasteiger partial charge in [-0.1, -0.05) is 0 Å². The number of pyridine rings is 1. The molecular formula is C10H12N4. The zero-order valence-corrected chi connectivity index (χ0v) is 7.94. The second-order valence-corrected chi connectivity index (χ2v) is 3.08. The third kappa shape index (κ3) is 1.90. The molecule has 14 heavy (non-hydrogen) atoms. The van der Waals surface area contributed by atoms with Crippen molar-refractivity contribution in [3.63, 3.8) is 0 Å². The van der Waals surface area contributed by atoms with Gasteiger partial charge in [-0.3, -0.25) is 4.98 Å². The summed E-state index contributed by atoms with van der Waals surface area (Å²) in [6.07, 6.45) is 7.09. The van der Waals surface area contributed by atoms with E-state index in [1.807, 2.05) is 12.1 Å². The Balaban J connectivity index is 2.07. The molecule has 0 aliphatic heterocycles. The Kier molecular flexibility index (Phi) is 2.44. The maximum absolute atomic E-state index is 4.10. The lowest BCUT2D eigenvalue weighted by molar-refractivity contribution is 0.864. The molecule has 0 aliphatic carbocycles. The lowest BCUT2D eigenvalue weighted by Crippen LogP contribution is -2.07. The van der Waals surface area contributed by atoms with Crippen LogP contribution >= 0.6 is 0 Å². The van der Waals surface area contributed by atoms with Gasteiger partial charge in [-0.15, -0.1) is 0 Å². The molecule has 0 amide bonds. The number of nitrogens with one attached hydrogen (secondary N) is 2. The van der Waals surface area contributed by atoms with Crippen molar-refractivity contribution in [2.75, 3.05) is 5.32 Å². The van der Waals surface area contributed by atoms with Crippen LogP contribution in [0.2, 0.25) is 0 Å². The van der Waals surface area contributed by atoms with Crippen LogP contribution in [-0.2, 0) is 0 Å². The van der Waals surface area contributed by atoms with Gasteiger partial charge < -0.3 is 10.3 Å². The van der Waals surface area contributed by atoms with Gasteiger partial charge in [0, 0.05) is 24.8 Å². The lowest BCUT2D eigenvalue weighted by atomic mass is 10.1. The summed E-state index contributed by atoms with van der Waals surface area (Å²) >= 11 is 0. The van der Waals surface area contributed by atoms with E-state index in [-0.39, 0.29) is 6.04 Å². The molecule has 2 aromatic heterocycles. The molecule has 2 N–H and O–H groups in total. The summed E-state index contributed by atoms with van der Waals surface area (Å²) in [5.74, 6) is 0.786. The van der Waals surface area contributed by atoms with Crippen molar-refractivity contribution in [1.29, 1.82) is 0 Å². The summed E-state index contributed by atoms with van der Waals surface area (Å²) in [4.78, 5) is 11.1. The Labute approximate surface area is 82.4 Å². The first kappa shape index (κ1) is 8.74. The highest BCUT2D eigenvalue weighted by molar-refractivity contribution is 5.29. The second-order valence-electron chi connectivity index (χ2n) is 3.08. The van der Waals surface area contributed by atoms with E-state index in [9.17, 15) is 0 Å². The van der Waals surface area contributed by atoms with Crippen molar-refractivity contribution in [3.8, 4) is 0 Å². The Bertz CT molecular complexity index is 368. The van der Waals surface area contributed by atoms with Crippen LogP contribution < -0.4 is 5.32 Å². The van der Waals surface area contributed by atoms with Gasteiger partial charge in [0.2, 0.25) is 5.95 Å². The number of aromatic nitrogens is 3. The summed E-state index contributed by atoms with van der Waals surface area (Å²) in [6.45, 7) is 2.08. The third-order valence-electron chi connectivity index (χ3n) is 2.06. The second kappa shape index (κ2) is 3.91. The molecular weight excluding hydrogens is 176 g/mol. The van der Waals surface area contributed by atoms with E-state index in [1.54, 1.807) is 24.8 Å². The van der Waals surface area contributed by atoms with Gasteiger partial charge in [-0.05, 0) is 24.6 Å². The van der Waals surface area contributed by atoms with Crippen LogP contribution in [0.5, 0.6) is 0 Å². The molecule has 2 heterocycles. The van der Waals surface area contributed by atoms with E-state index in [2.05, 4.69) is 27.2 Å². The quantitative estimate of drug-likeness (QED) is 0.774. The molecule has 4 heteroatoms. The van der Waals surface area contributed by atoms with E-state index < -0.39 is 0 Å². The lowest BCUT2D eigenvalue weighted by Gasteiger charge is -2.12.